The van der Waals surface area contributed by atoms with Crippen LogP contribution in [0.15, 0.2) is 122 Å². The quantitative estimate of drug-likeness (QED) is 0.309. The monoisotopic (exact) mass is 456 g/mol. The molecule has 6 aromatic rings. The van der Waals surface area contributed by atoms with E-state index in [-0.39, 0.29) is 0 Å². The van der Waals surface area contributed by atoms with Gasteiger partial charge in [-0.25, -0.2) is 9.36 Å². The highest BCUT2D eigenvalue weighted by molar-refractivity contribution is 5.62. The van der Waals surface area contributed by atoms with Crippen LogP contribution < -0.4 is 4.74 Å². The van der Waals surface area contributed by atoms with Gasteiger partial charge >= 0.3 is 0 Å². The van der Waals surface area contributed by atoms with Crippen LogP contribution in [0.2, 0.25) is 0 Å². The first kappa shape index (κ1) is 20.6. The molecule has 0 atom stereocenters. The highest BCUT2D eigenvalue weighted by Crippen LogP contribution is 2.27. The van der Waals surface area contributed by atoms with Gasteiger partial charge in [-0.1, -0.05) is 24.3 Å². The second-order valence-corrected chi connectivity index (χ2v) is 7.93. The summed E-state index contributed by atoms with van der Waals surface area (Å²) in [5, 5.41) is 9.02. The van der Waals surface area contributed by atoms with Crippen molar-refractivity contribution in [1.82, 2.24) is 29.5 Å². The SMILES string of the molecule is c1cncc(-c2cnn(-c3cccc(Oc4cccc(-n5cc(-c6cccnc6)cn5)c4)c3)c2)c1. The highest BCUT2D eigenvalue weighted by atomic mass is 16.5. The van der Waals surface area contributed by atoms with Crippen molar-refractivity contribution < 1.29 is 4.74 Å². The summed E-state index contributed by atoms with van der Waals surface area (Å²) in [6.07, 6.45) is 14.8. The first-order valence-electron chi connectivity index (χ1n) is 11.1. The lowest BCUT2D eigenvalue weighted by molar-refractivity contribution is 0.481. The smallest absolute Gasteiger partial charge is 0.129 e. The van der Waals surface area contributed by atoms with Crippen LogP contribution in [0, 0.1) is 0 Å². The summed E-state index contributed by atoms with van der Waals surface area (Å²) >= 11 is 0. The average Bonchev–Trinajstić information content (AvgIpc) is 3.61. The third-order valence-electron chi connectivity index (χ3n) is 5.55. The van der Waals surface area contributed by atoms with E-state index in [2.05, 4.69) is 20.2 Å². The second-order valence-electron chi connectivity index (χ2n) is 7.93. The number of hydrogen-bond donors (Lipinski definition) is 0. The molecule has 0 fully saturated rings. The van der Waals surface area contributed by atoms with Crippen molar-refractivity contribution in [3.8, 4) is 45.1 Å². The van der Waals surface area contributed by atoms with Gasteiger partial charge in [-0.05, 0) is 36.4 Å². The molecule has 0 radical (unpaired) electrons. The first-order valence-corrected chi connectivity index (χ1v) is 11.1. The number of rotatable bonds is 6. The maximum absolute atomic E-state index is 6.18. The average molecular weight is 457 g/mol. The largest absolute Gasteiger partial charge is 0.457 e. The Morgan fingerprint density at radius 3 is 1.49 bits per heavy atom. The number of ether oxygens (including phenoxy) is 1. The number of hydrogen-bond acceptors (Lipinski definition) is 5. The number of pyridine rings is 2. The molecule has 0 aliphatic rings. The molecule has 6 rings (SSSR count). The van der Waals surface area contributed by atoms with Gasteiger partial charge in [-0.2, -0.15) is 10.2 Å². The molecule has 0 N–H and O–H groups in total. The molecule has 0 aliphatic heterocycles. The Hall–Kier alpha value is -5.04. The lowest BCUT2D eigenvalue weighted by Crippen LogP contribution is -1.96. The van der Waals surface area contributed by atoms with Crippen LogP contribution in [0.4, 0.5) is 0 Å². The minimum absolute atomic E-state index is 0.717. The van der Waals surface area contributed by atoms with Crippen LogP contribution in [0.3, 0.4) is 0 Å². The van der Waals surface area contributed by atoms with Gasteiger partial charge in [-0.3, -0.25) is 9.97 Å². The van der Waals surface area contributed by atoms with Crippen molar-refractivity contribution in [2.75, 3.05) is 0 Å². The summed E-state index contributed by atoms with van der Waals surface area (Å²) in [6.45, 7) is 0. The molecule has 4 aromatic heterocycles. The fraction of sp³-hybridized carbons (Fsp3) is 0. The molecule has 0 saturated carbocycles. The molecular formula is C28H20N6O. The molecule has 35 heavy (non-hydrogen) atoms. The van der Waals surface area contributed by atoms with E-state index in [4.69, 9.17) is 4.74 Å². The van der Waals surface area contributed by atoms with E-state index in [0.717, 1.165) is 45.1 Å². The third kappa shape index (κ3) is 4.43. The lowest BCUT2D eigenvalue weighted by atomic mass is 10.2. The molecule has 0 spiro atoms. The van der Waals surface area contributed by atoms with E-state index in [1.807, 2.05) is 119 Å². The molecule has 0 unspecified atom stereocenters. The minimum atomic E-state index is 0.717. The number of nitrogens with zero attached hydrogens (tertiary/aromatic N) is 6. The highest BCUT2D eigenvalue weighted by Gasteiger charge is 2.08. The number of benzene rings is 2. The van der Waals surface area contributed by atoms with Crippen LogP contribution in [-0.4, -0.2) is 29.5 Å². The lowest BCUT2D eigenvalue weighted by Gasteiger charge is -2.09. The Morgan fingerprint density at radius 1 is 0.514 bits per heavy atom. The molecule has 168 valence electrons. The summed E-state index contributed by atoms with van der Waals surface area (Å²) in [5.74, 6) is 1.43. The van der Waals surface area contributed by atoms with E-state index in [9.17, 15) is 0 Å². The van der Waals surface area contributed by atoms with Gasteiger partial charge in [0.25, 0.3) is 0 Å². The zero-order valence-electron chi connectivity index (χ0n) is 18.6. The summed E-state index contributed by atoms with van der Waals surface area (Å²) in [4.78, 5) is 8.37. The van der Waals surface area contributed by atoms with Crippen LogP contribution >= 0.6 is 0 Å². The molecular weight excluding hydrogens is 436 g/mol. The molecule has 0 aliphatic carbocycles. The maximum Gasteiger partial charge on any atom is 0.129 e. The van der Waals surface area contributed by atoms with Gasteiger partial charge in [0.2, 0.25) is 0 Å². The van der Waals surface area contributed by atoms with Crippen LogP contribution in [0.1, 0.15) is 0 Å². The summed E-state index contributed by atoms with van der Waals surface area (Å²) in [5.41, 5.74) is 5.86. The standard InChI is InChI=1S/C28H20N6O/c1-7-25(33-19-23(17-31-33)21-5-3-11-29-15-21)13-27(9-1)35-28-10-2-8-26(14-28)34-20-24(18-32-34)22-6-4-12-30-16-22/h1-20H. The Bertz CT molecular complexity index is 1450. The molecule has 0 saturated heterocycles. The Morgan fingerprint density at radius 2 is 1.03 bits per heavy atom. The normalized spacial score (nSPS) is 10.9. The van der Waals surface area contributed by atoms with Gasteiger partial charge in [0.1, 0.15) is 11.5 Å². The van der Waals surface area contributed by atoms with Gasteiger partial charge in [0.15, 0.2) is 0 Å². The van der Waals surface area contributed by atoms with Crippen molar-refractivity contribution in [3.63, 3.8) is 0 Å². The fourth-order valence-corrected chi connectivity index (χ4v) is 3.81. The Labute approximate surface area is 201 Å². The minimum Gasteiger partial charge on any atom is -0.457 e. The fourth-order valence-electron chi connectivity index (χ4n) is 3.81. The Kier molecular flexibility index (Phi) is 5.33. The molecule has 7 heteroatoms. The van der Waals surface area contributed by atoms with Crippen LogP contribution in [0.5, 0.6) is 11.5 Å². The van der Waals surface area contributed by atoms with Gasteiger partial charge in [0, 0.05) is 71.6 Å². The van der Waals surface area contributed by atoms with E-state index >= 15 is 0 Å². The third-order valence-corrected chi connectivity index (χ3v) is 5.55. The summed E-state index contributed by atoms with van der Waals surface area (Å²) in [7, 11) is 0. The van der Waals surface area contributed by atoms with Crippen LogP contribution in [0.25, 0.3) is 33.6 Å². The van der Waals surface area contributed by atoms with Gasteiger partial charge in [-0.15, -0.1) is 0 Å². The van der Waals surface area contributed by atoms with E-state index < -0.39 is 0 Å². The predicted octanol–water partition coefficient (Wildman–Crippen LogP) is 5.97. The summed E-state index contributed by atoms with van der Waals surface area (Å²) < 4.78 is 9.84. The van der Waals surface area contributed by atoms with Crippen molar-refractivity contribution >= 4 is 0 Å². The van der Waals surface area contributed by atoms with Crippen molar-refractivity contribution in [1.29, 1.82) is 0 Å². The maximum atomic E-state index is 6.18. The van der Waals surface area contributed by atoms with Gasteiger partial charge in [0.05, 0.1) is 23.8 Å². The molecule has 2 aromatic carbocycles. The zero-order valence-corrected chi connectivity index (χ0v) is 18.6. The zero-order chi connectivity index (χ0) is 23.5. The van der Waals surface area contributed by atoms with Crippen molar-refractivity contribution in [2.45, 2.75) is 0 Å². The van der Waals surface area contributed by atoms with Gasteiger partial charge < -0.3 is 4.74 Å². The summed E-state index contributed by atoms with van der Waals surface area (Å²) in [6, 6.07) is 23.5. The van der Waals surface area contributed by atoms with Crippen molar-refractivity contribution in [3.05, 3.63) is 122 Å². The van der Waals surface area contributed by atoms with E-state index in [1.165, 1.54) is 0 Å². The van der Waals surface area contributed by atoms with E-state index in [0.29, 0.717) is 0 Å². The predicted molar refractivity (Wildman–Crippen MR) is 134 cm³/mol. The van der Waals surface area contributed by atoms with Crippen molar-refractivity contribution in [2.24, 2.45) is 0 Å². The first-order chi connectivity index (χ1) is 17.3. The molecule has 0 bridgehead atoms. The Balaban J connectivity index is 1.23. The molecule has 7 nitrogen and oxygen atoms in total. The topological polar surface area (TPSA) is 70.7 Å². The van der Waals surface area contributed by atoms with E-state index in [1.54, 1.807) is 12.4 Å². The molecule has 4 heterocycles. The number of aromatic nitrogens is 6. The second kappa shape index (κ2) is 9.07. The van der Waals surface area contributed by atoms with Crippen LogP contribution in [-0.2, 0) is 0 Å². The molecule has 0 amide bonds.